The van der Waals surface area contributed by atoms with E-state index in [-0.39, 0.29) is 11.3 Å². The number of carbonyl (C=O) groups is 1. The molecule has 1 amide bonds. The van der Waals surface area contributed by atoms with E-state index < -0.39 is 6.10 Å². The van der Waals surface area contributed by atoms with Crippen LogP contribution in [0.15, 0.2) is 35.3 Å². The zero-order chi connectivity index (χ0) is 23.3. The van der Waals surface area contributed by atoms with Gasteiger partial charge in [0.05, 0.1) is 29.6 Å². The molecule has 0 saturated heterocycles. The van der Waals surface area contributed by atoms with Gasteiger partial charge in [0.1, 0.15) is 23.9 Å². The highest BCUT2D eigenvalue weighted by molar-refractivity contribution is 7.08. The van der Waals surface area contributed by atoms with Gasteiger partial charge in [-0.15, -0.1) is 0 Å². The van der Waals surface area contributed by atoms with Crippen LogP contribution in [0.25, 0.3) is 28.3 Å². The predicted molar refractivity (Wildman–Crippen MR) is 125 cm³/mol. The van der Waals surface area contributed by atoms with Gasteiger partial charge in [-0.25, -0.2) is 9.67 Å². The molecule has 170 valence electrons. The molecule has 0 saturated carbocycles. The Morgan fingerprint density at radius 1 is 1.30 bits per heavy atom. The lowest BCUT2D eigenvalue weighted by Crippen LogP contribution is -2.30. The minimum absolute atomic E-state index is 0.260. The summed E-state index contributed by atoms with van der Waals surface area (Å²) in [5.41, 5.74) is 3.98. The molecule has 1 aromatic carbocycles. The molecule has 9 nitrogen and oxygen atoms in total. The van der Waals surface area contributed by atoms with E-state index in [4.69, 9.17) is 14.6 Å². The van der Waals surface area contributed by atoms with Gasteiger partial charge in [-0.05, 0) is 17.5 Å². The summed E-state index contributed by atoms with van der Waals surface area (Å²) in [5, 5.41) is 18.5. The zero-order valence-corrected chi connectivity index (χ0v) is 19.8. The van der Waals surface area contributed by atoms with Crippen LogP contribution in [0.3, 0.4) is 0 Å². The van der Waals surface area contributed by atoms with Crippen molar-refractivity contribution in [3.8, 4) is 39.8 Å². The number of H-pyrrole nitrogens is 1. The Hall–Kier alpha value is -3.66. The van der Waals surface area contributed by atoms with E-state index in [0.29, 0.717) is 28.6 Å². The van der Waals surface area contributed by atoms with Gasteiger partial charge >= 0.3 is 0 Å². The Balaban J connectivity index is 1.87. The first-order valence-electron chi connectivity index (χ1n) is 10.5. The number of nitrogens with zero attached hydrogens (tertiary/aromatic N) is 4. The topological polar surface area (TPSA) is 107 Å². The maximum atomic E-state index is 12.9. The highest BCUT2D eigenvalue weighted by Gasteiger charge is 2.42. The molecule has 33 heavy (non-hydrogen) atoms. The average molecular weight is 465 g/mol. The second kappa shape index (κ2) is 7.73. The van der Waals surface area contributed by atoms with Crippen LogP contribution in [-0.2, 0) is 0 Å². The zero-order valence-electron chi connectivity index (χ0n) is 19.0. The summed E-state index contributed by atoms with van der Waals surface area (Å²) in [6.07, 6.45) is 1.11. The number of aromatic amines is 1. The molecule has 0 aliphatic carbocycles. The van der Waals surface area contributed by atoms with E-state index in [2.05, 4.69) is 41.3 Å². The quantitative estimate of drug-likeness (QED) is 0.468. The number of thiophene rings is 1. The lowest BCUT2D eigenvalue weighted by molar-refractivity contribution is 0.0806. The van der Waals surface area contributed by atoms with Crippen molar-refractivity contribution in [1.29, 1.82) is 0 Å². The van der Waals surface area contributed by atoms with Crippen molar-refractivity contribution >= 4 is 17.2 Å². The first-order chi connectivity index (χ1) is 15.8. The molecule has 1 unspecified atom stereocenters. The smallest absolute Gasteiger partial charge is 0.271 e. The average Bonchev–Trinajstić information content (AvgIpc) is 3.56. The number of ether oxygens (including phenoxy) is 2. The third-order valence-corrected chi connectivity index (χ3v) is 6.29. The monoisotopic (exact) mass is 464 g/mol. The van der Waals surface area contributed by atoms with Crippen LogP contribution in [0, 0.1) is 5.41 Å². The molecule has 1 atom stereocenters. The number of amides is 1. The molecule has 1 aliphatic rings. The number of fused-ring (bicyclic) bond motifs is 3. The number of hydrogen-bond donors (Lipinski definition) is 2. The third-order valence-electron chi connectivity index (χ3n) is 5.62. The van der Waals surface area contributed by atoms with Crippen LogP contribution in [0.1, 0.15) is 42.9 Å². The standard InChI is InChI=1S/C23H24N6O3S/c1-23(2,3)20-17-18(22(30)24-4)28-29(12-6-7-33-10-12)19(17)13-8-14(21-25-11-26-27-21)15(31-5)9-16(13)32-20/h6-11,20H,1-5H3,(H,24,30)(H,25,26,27). The van der Waals surface area contributed by atoms with Crippen LogP contribution in [-0.4, -0.2) is 45.0 Å². The Morgan fingerprint density at radius 3 is 2.73 bits per heavy atom. The minimum Gasteiger partial charge on any atom is -0.496 e. The number of benzene rings is 1. The summed E-state index contributed by atoms with van der Waals surface area (Å²) in [5.74, 6) is 1.49. The van der Waals surface area contributed by atoms with Gasteiger partial charge in [0.15, 0.2) is 11.5 Å². The Morgan fingerprint density at radius 2 is 2.12 bits per heavy atom. The second-order valence-electron chi connectivity index (χ2n) is 8.82. The fourth-order valence-corrected chi connectivity index (χ4v) is 4.72. The summed E-state index contributed by atoms with van der Waals surface area (Å²) in [6.45, 7) is 6.25. The lowest BCUT2D eigenvalue weighted by atomic mass is 9.80. The van der Waals surface area contributed by atoms with Crippen LogP contribution >= 0.6 is 11.3 Å². The molecule has 3 aromatic heterocycles. The molecule has 1 aliphatic heterocycles. The van der Waals surface area contributed by atoms with Gasteiger partial charge in [-0.2, -0.15) is 21.5 Å². The summed E-state index contributed by atoms with van der Waals surface area (Å²) < 4.78 is 14.0. The van der Waals surface area contributed by atoms with Crippen molar-refractivity contribution in [3.63, 3.8) is 0 Å². The van der Waals surface area contributed by atoms with Gasteiger partial charge in [0, 0.05) is 29.5 Å². The van der Waals surface area contributed by atoms with Crippen molar-refractivity contribution in [3.05, 3.63) is 46.5 Å². The Bertz CT molecular complexity index is 1320. The maximum absolute atomic E-state index is 12.9. The number of aromatic nitrogens is 5. The number of methoxy groups -OCH3 is 1. The van der Waals surface area contributed by atoms with Crippen molar-refractivity contribution in [1.82, 2.24) is 30.3 Å². The first kappa shape index (κ1) is 21.2. The van der Waals surface area contributed by atoms with Gasteiger partial charge in [0.2, 0.25) is 0 Å². The van der Waals surface area contributed by atoms with E-state index in [9.17, 15) is 4.79 Å². The molecule has 2 N–H and O–H groups in total. The molecule has 5 rings (SSSR count). The van der Waals surface area contributed by atoms with E-state index >= 15 is 0 Å². The number of hydrogen-bond acceptors (Lipinski definition) is 7. The molecular weight excluding hydrogens is 440 g/mol. The van der Waals surface area contributed by atoms with E-state index in [1.807, 2.05) is 33.6 Å². The van der Waals surface area contributed by atoms with E-state index in [1.165, 1.54) is 6.33 Å². The summed E-state index contributed by atoms with van der Waals surface area (Å²) in [7, 11) is 3.21. The molecule has 0 radical (unpaired) electrons. The summed E-state index contributed by atoms with van der Waals surface area (Å²) in [6, 6.07) is 5.77. The van der Waals surface area contributed by atoms with Crippen molar-refractivity contribution in [2.75, 3.05) is 14.2 Å². The van der Waals surface area contributed by atoms with Crippen LogP contribution in [0.2, 0.25) is 0 Å². The van der Waals surface area contributed by atoms with Gasteiger partial charge in [-0.3, -0.25) is 9.89 Å². The molecule has 0 fully saturated rings. The van der Waals surface area contributed by atoms with Crippen molar-refractivity contribution in [2.45, 2.75) is 26.9 Å². The van der Waals surface area contributed by atoms with E-state index in [0.717, 1.165) is 22.5 Å². The predicted octanol–water partition coefficient (Wildman–Crippen LogP) is 4.23. The second-order valence-corrected chi connectivity index (χ2v) is 9.60. The lowest BCUT2D eigenvalue weighted by Gasteiger charge is -2.36. The summed E-state index contributed by atoms with van der Waals surface area (Å²) >= 11 is 1.57. The molecule has 0 spiro atoms. The fourth-order valence-electron chi connectivity index (χ4n) is 4.11. The Kier molecular flexibility index (Phi) is 4.97. The Labute approximate surface area is 194 Å². The SMILES string of the molecule is CNC(=O)c1nn(-c2ccsc2)c2c1C(C(C)(C)C)Oc1cc(OC)c(-c3nc[nH]n3)cc1-2. The minimum atomic E-state index is -0.404. The van der Waals surface area contributed by atoms with Crippen LogP contribution in [0.4, 0.5) is 0 Å². The molecule has 4 heterocycles. The highest BCUT2D eigenvalue weighted by atomic mass is 32.1. The molecule has 4 aromatic rings. The number of rotatable bonds is 4. The van der Waals surface area contributed by atoms with Gasteiger partial charge < -0.3 is 14.8 Å². The number of carbonyl (C=O) groups excluding carboxylic acids is 1. The van der Waals surface area contributed by atoms with Crippen molar-refractivity contribution < 1.29 is 14.3 Å². The number of nitrogens with one attached hydrogen (secondary N) is 2. The largest absolute Gasteiger partial charge is 0.496 e. The van der Waals surface area contributed by atoms with Gasteiger partial charge in [-0.1, -0.05) is 20.8 Å². The third kappa shape index (κ3) is 3.37. The highest BCUT2D eigenvalue weighted by Crippen LogP contribution is 2.52. The first-order valence-corrected chi connectivity index (χ1v) is 11.4. The molecular formula is C23H24N6O3S. The van der Waals surface area contributed by atoms with Crippen LogP contribution in [0.5, 0.6) is 11.5 Å². The maximum Gasteiger partial charge on any atom is 0.271 e. The summed E-state index contributed by atoms with van der Waals surface area (Å²) in [4.78, 5) is 17.2. The van der Waals surface area contributed by atoms with E-state index in [1.54, 1.807) is 25.5 Å². The molecule has 10 heteroatoms. The normalized spacial score (nSPS) is 14.9. The van der Waals surface area contributed by atoms with Crippen LogP contribution < -0.4 is 14.8 Å². The van der Waals surface area contributed by atoms with Crippen molar-refractivity contribution in [2.24, 2.45) is 5.41 Å². The fraction of sp³-hybridized carbons (Fsp3) is 0.304. The van der Waals surface area contributed by atoms with Gasteiger partial charge in [0.25, 0.3) is 5.91 Å². The molecule has 0 bridgehead atoms.